The Balaban J connectivity index is 2.18. The van der Waals surface area contributed by atoms with Crippen molar-refractivity contribution in [3.63, 3.8) is 0 Å². The third-order valence-corrected chi connectivity index (χ3v) is 3.67. The summed E-state index contributed by atoms with van der Waals surface area (Å²) in [5, 5.41) is 3.52. The Hall–Kier alpha value is -1.71. The fraction of sp³-hybridized carbons (Fsp3) is 0.188. The molecule has 1 unspecified atom stereocenters. The zero-order valence-electron chi connectivity index (χ0n) is 11.7. The van der Waals surface area contributed by atoms with Gasteiger partial charge in [0.05, 0.1) is 23.2 Å². The van der Waals surface area contributed by atoms with Gasteiger partial charge in [-0.3, -0.25) is 4.79 Å². The second-order valence-electron chi connectivity index (χ2n) is 4.58. The lowest BCUT2D eigenvalue weighted by molar-refractivity contribution is 0.0940. The summed E-state index contributed by atoms with van der Waals surface area (Å²) in [6, 6.07) is 12.7. The SMILES string of the molecule is COc1c(Cl)cc(C(=O)NC(C)c2ccccc2)cc1Cl. The van der Waals surface area contributed by atoms with Crippen LogP contribution in [0.15, 0.2) is 42.5 Å². The van der Waals surface area contributed by atoms with Gasteiger partial charge in [-0.05, 0) is 24.6 Å². The molecule has 0 saturated heterocycles. The number of amides is 1. The molecule has 3 nitrogen and oxygen atoms in total. The summed E-state index contributed by atoms with van der Waals surface area (Å²) in [7, 11) is 1.48. The third kappa shape index (κ3) is 3.69. The van der Waals surface area contributed by atoms with Crippen molar-refractivity contribution in [1.82, 2.24) is 5.32 Å². The summed E-state index contributed by atoms with van der Waals surface area (Å²) in [5.74, 6) is 0.129. The first-order chi connectivity index (χ1) is 10.0. The smallest absolute Gasteiger partial charge is 0.251 e. The van der Waals surface area contributed by atoms with Crippen LogP contribution in [0.1, 0.15) is 28.9 Å². The fourth-order valence-corrected chi connectivity index (χ4v) is 2.63. The third-order valence-electron chi connectivity index (χ3n) is 3.11. The molecule has 1 N–H and O–H groups in total. The monoisotopic (exact) mass is 323 g/mol. The van der Waals surface area contributed by atoms with Gasteiger partial charge in [0.25, 0.3) is 5.91 Å². The van der Waals surface area contributed by atoms with Crippen molar-refractivity contribution in [2.75, 3.05) is 7.11 Å². The molecule has 0 aliphatic heterocycles. The summed E-state index contributed by atoms with van der Waals surface area (Å²) in [5.41, 5.74) is 1.42. The highest BCUT2D eigenvalue weighted by molar-refractivity contribution is 6.37. The molecule has 0 aromatic heterocycles. The lowest BCUT2D eigenvalue weighted by Gasteiger charge is -2.15. The Morgan fingerprint density at radius 1 is 1.14 bits per heavy atom. The predicted octanol–water partition coefficient (Wildman–Crippen LogP) is 4.49. The summed E-state index contributed by atoms with van der Waals surface area (Å²) < 4.78 is 5.07. The first kappa shape index (κ1) is 15.7. The Bertz CT molecular complexity index is 621. The Kier molecular flexibility index (Phi) is 5.10. The minimum atomic E-state index is -0.238. The zero-order chi connectivity index (χ0) is 15.4. The maximum atomic E-state index is 12.3. The van der Waals surface area contributed by atoms with Crippen molar-refractivity contribution in [2.45, 2.75) is 13.0 Å². The number of carbonyl (C=O) groups excluding carboxylic acids is 1. The van der Waals surface area contributed by atoms with Crippen LogP contribution in [0, 0.1) is 0 Å². The fourth-order valence-electron chi connectivity index (χ4n) is 1.99. The molecule has 1 amide bonds. The van der Waals surface area contributed by atoms with E-state index in [-0.39, 0.29) is 11.9 Å². The van der Waals surface area contributed by atoms with Crippen molar-refractivity contribution in [3.05, 3.63) is 63.6 Å². The molecule has 110 valence electrons. The topological polar surface area (TPSA) is 38.3 Å². The zero-order valence-corrected chi connectivity index (χ0v) is 13.2. The summed E-state index contributed by atoms with van der Waals surface area (Å²) in [6.07, 6.45) is 0. The summed E-state index contributed by atoms with van der Waals surface area (Å²) in [4.78, 5) is 12.3. The van der Waals surface area contributed by atoms with Crippen molar-refractivity contribution in [1.29, 1.82) is 0 Å². The van der Waals surface area contributed by atoms with Crippen LogP contribution in [0.25, 0.3) is 0 Å². The van der Waals surface area contributed by atoms with Crippen LogP contribution in [0.5, 0.6) is 5.75 Å². The number of benzene rings is 2. The van der Waals surface area contributed by atoms with Gasteiger partial charge in [-0.1, -0.05) is 53.5 Å². The molecule has 0 radical (unpaired) electrons. The van der Waals surface area contributed by atoms with E-state index in [1.54, 1.807) is 12.1 Å². The number of hydrogen-bond acceptors (Lipinski definition) is 2. The van der Waals surface area contributed by atoms with E-state index in [1.807, 2.05) is 37.3 Å². The summed E-state index contributed by atoms with van der Waals surface area (Å²) >= 11 is 12.1. The van der Waals surface area contributed by atoms with E-state index >= 15 is 0 Å². The number of methoxy groups -OCH3 is 1. The van der Waals surface area contributed by atoms with Crippen molar-refractivity contribution in [3.8, 4) is 5.75 Å². The van der Waals surface area contributed by atoms with E-state index in [4.69, 9.17) is 27.9 Å². The van der Waals surface area contributed by atoms with Gasteiger partial charge in [0.1, 0.15) is 0 Å². The highest BCUT2D eigenvalue weighted by Crippen LogP contribution is 2.33. The Labute approximate surface area is 133 Å². The Morgan fingerprint density at radius 2 is 1.71 bits per heavy atom. The summed E-state index contributed by atoms with van der Waals surface area (Å²) in [6.45, 7) is 1.92. The molecular weight excluding hydrogens is 309 g/mol. The standard InChI is InChI=1S/C16H15Cl2NO2/c1-10(11-6-4-3-5-7-11)19-16(20)12-8-13(17)15(21-2)14(18)9-12/h3-10H,1-2H3,(H,19,20). The van der Waals surface area contributed by atoms with Crippen LogP contribution in [0.4, 0.5) is 0 Å². The van der Waals surface area contributed by atoms with Gasteiger partial charge in [0.15, 0.2) is 5.75 Å². The molecule has 0 aliphatic carbocycles. The highest BCUT2D eigenvalue weighted by atomic mass is 35.5. The first-order valence-corrected chi connectivity index (χ1v) is 7.17. The number of carbonyl (C=O) groups is 1. The molecule has 2 aromatic rings. The molecule has 0 spiro atoms. The van der Waals surface area contributed by atoms with Gasteiger partial charge < -0.3 is 10.1 Å². The van der Waals surface area contributed by atoms with Crippen LogP contribution in [-0.4, -0.2) is 13.0 Å². The highest BCUT2D eigenvalue weighted by Gasteiger charge is 2.15. The quantitative estimate of drug-likeness (QED) is 0.900. The number of halogens is 2. The van der Waals surface area contributed by atoms with Gasteiger partial charge in [-0.25, -0.2) is 0 Å². The first-order valence-electron chi connectivity index (χ1n) is 6.41. The van der Waals surface area contributed by atoms with Gasteiger partial charge in [0.2, 0.25) is 0 Å². The van der Waals surface area contributed by atoms with Crippen LogP contribution in [-0.2, 0) is 0 Å². The molecular formula is C16H15Cl2NO2. The second kappa shape index (κ2) is 6.83. The second-order valence-corrected chi connectivity index (χ2v) is 5.39. The number of hydrogen-bond donors (Lipinski definition) is 1. The lowest BCUT2D eigenvalue weighted by atomic mass is 10.1. The van der Waals surface area contributed by atoms with E-state index in [0.29, 0.717) is 21.4 Å². The number of nitrogens with one attached hydrogen (secondary N) is 1. The normalized spacial score (nSPS) is 11.8. The molecule has 21 heavy (non-hydrogen) atoms. The van der Waals surface area contributed by atoms with Crippen molar-refractivity contribution < 1.29 is 9.53 Å². The van der Waals surface area contributed by atoms with Gasteiger partial charge in [0, 0.05) is 5.56 Å². The van der Waals surface area contributed by atoms with E-state index in [0.717, 1.165) is 5.56 Å². The minimum absolute atomic E-state index is 0.113. The molecule has 0 saturated carbocycles. The van der Waals surface area contributed by atoms with Crippen LogP contribution in [0.3, 0.4) is 0 Å². The van der Waals surface area contributed by atoms with E-state index in [2.05, 4.69) is 5.32 Å². The van der Waals surface area contributed by atoms with E-state index in [9.17, 15) is 4.79 Å². The van der Waals surface area contributed by atoms with Gasteiger partial charge in [-0.15, -0.1) is 0 Å². The molecule has 5 heteroatoms. The van der Waals surface area contributed by atoms with Crippen molar-refractivity contribution >= 4 is 29.1 Å². The largest absolute Gasteiger partial charge is 0.494 e. The Morgan fingerprint density at radius 3 is 2.24 bits per heavy atom. The van der Waals surface area contributed by atoms with E-state index in [1.165, 1.54) is 7.11 Å². The molecule has 2 rings (SSSR count). The molecule has 1 atom stereocenters. The molecule has 0 aliphatic rings. The maximum Gasteiger partial charge on any atom is 0.251 e. The average Bonchev–Trinajstić information content (AvgIpc) is 2.47. The molecule has 2 aromatic carbocycles. The predicted molar refractivity (Wildman–Crippen MR) is 85.3 cm³/mol. The van der Waals surface area contributed by atoms with Crippen LogP contribution >= 0.6 is 23.2 Å². The van der Waals surface area contributed by atoms with E-state index < -0.39 is 0 Å². The number of rotatable bonds is 4. The lowest BCUT2D eigenvalue weighted by Crippen LogP contribution is -2.26. The van der Waals surface area contributed by atoms with Crippen molar-refractivity contribution in [2.24, 2.45) is 0 Å². The van der Waals surface area contributed by atoms with Gasteiger partial charge >= 0.3 is 0 Å². The van der Waals surface area contributed by atoms with Crippen LogP contribution < -0.4 is 10.1 Å². The average molecular weight is 324 g/mol. The number of ether oxygens (including phenoxy) is 1. The van der Waals surface area contributed by atoms with Crippen LogP contribution in [0.2, 0.25) is 10.0 Å². The molecule has 0 heterocycles. The minimum Gasteiger partial charge on any atom is -0.494 e. The molecule has 0 fully saturated rings. The molecule has 0 bridgehead atoms. The van der Waals surface area contributed by atoms with Gasteiger partial charge in [-0.2, -0.15) is 0 Å². The maximum absolute atomic E-state index is 12.3.